The number of piperazine rings is 1. The maximum atomic E-state index is 13.6. The summed E-state index contributed by atoms with van der Waals surface area (Å²) in [7, 11) is 1.65. The van der Waals surface area contributed by atoms with E-state index in [2.05, 4.69) is 4.90 Å². The number of amides is 2. The van der Waals surface area contributed by atoms with Gasteiger partial charge >= 0.3 is 0 Å². The zero-order valence-corrected chi connectivity index (χ0v) is 17.6. The lowest BCUT2D eigenvalue weighted by Gasteiger charge is -2.58. The number of likely N-dealkylation sites (tertiary alicyclic amines) is 1. The first kappa shape index (κ1) is 20.2. The molecule has 0 bridgehead atoms. The van der Waals surface area contributed by atoms with Crippen LogP contribution in [0.5, 0.6) is 5.75 Å². The third-order valence-corrected chi connectivity index (χ3v) is 6.74. The monoisotopic (exact) mass is 421 g/mol. The zero-order chi connectivity index (χ0) is 21.6. The minimum absolute atomic E-state index is 0.141. The summed E-state index contributed by atoms with van der Waals surface area (Å²) in [5.74, 6) is 0.484. The number of rotatable bonds is 5. The number of β-amino-alcohol motifs (C(OH)–C–C–N with tert-alkyl or cyclic N) is 1. The second-order valence-electron chi connectivity index (χ2n) is 8.80. The number of hydrogen-bond donors (Lipinski definition) is 1. The lowest BCUT2D eigenvalue weighted by Crippen LogP contribution is -2.81. The molecule has 162 valence electrons. The number of fused-ring (bicyclic) bond motifs is 2. The van der Waals surface area contributed by atoms with Gasteiger partial charge < -0.3 is 9.84 Å². The molecule has 7 heteroatoms. The number of imide groups is 1. The van der Waals surface area contributed by atoms with Crippen LogP contribution < -0.4 is 4.74 Å². The van der Waals surface area contributed by atoms with Crippen molar-refractivity contribution in [2.24, 2.45) is 0 Å². The van der Waals surface area contributed by atoms with Crippen molar-refractivity contribution in [2.45, 2.75) is 37.2 Å². The van der Waals surface area contributed by atoms with E-state index in [1.807, 2.05) is 59.5 Å². The van der Waals surface area contributed by atoms with Crippen LogP contribution in [-0.2, 0) is 22.7 Å². The molecule has 0 radical (unpaired) electrons. The Kier molecular flexibility index (Phi) is 5.04. The molecule has 0 saturated carbocycles. The topological polar surface area (TPSA) is 73.3 Å². The summed E-state index contributed by atoms with van der Waals surface area (Å²) in [4.78, 5) is 32.4. The van der Waals surface area contributed by atoms with Gasteiger partial charge in [-0.2, -0.15) is 0 Å². The Morgan fingerprint density at radius 2 is 1.68 bits per heavy atom. The number of nitrogens with zero attached hydrogens (tertiary/aromatic N) is 3. The van der Waals surface area contributed by atoms with Crippen LogP contribution in [0.25, 0.3) is 0 Å². The van der Waals surface area contributed by atoms with Gasteiger partial charge in [-0.05, 0) is 29.7 Å². The van der Waals surface area contributed by atoms with Crippen LogP contribution in [0.3, 0.4) is 0 Å². The lowest BCUT2D eigenvalue weighted by atomic mass is 9.82. The Morgan fingerprint density at radius 1 is 1.00 bits per heavy atom. The third-order valence-electron chi connectivity index (χ3n) is 6.74. The van der Waals surface area contributed by atoms with Crippen LogP contribution in [0.4, 0.5) is 0 Å². The van der Waals surface area contributed by atoms with E-state index in [4.69, 9.17) is 4.74 Å². The highest BCUT2D eigenvalue weighted by molar-refractivity contribution is 6.06. The highest BCUT2D eigenvalue weighted by Crippen LogP contribution is 2.41. The summed E-state index contributed by atoms with van der Waals surface area (Å²) < 4.78 is 5.22. The average Bonchev–Trinajstić information content (AvgIpc) is 3.16. The molecule has 0 aliphatic carbocycles. The molecule has 2 atom stereocenters. The zero-order valence-electron chi connectivity index (χ0n) is 17.6. The van der Waals surface area contributed by atoms with Gasteiger partial charge in [-0.3, -0.25) is 24.3 Å². The summed E-state index contributed by atoms with van der Waals surface area (Å²) in [6, 6.07) is 17.1. The van der Waals surface area contributed by atoms with E-state index in [0.29, 0.717) is 26.1 Å². The van der Waals surface area contributed by atoms with Crippen LogP contribution in [-0.4, -0.2) is 76.0 Å². The number of carbonyl (C=O) groups excluding carboxylic acids is 2. The SMILES string of the molecule is COc1ccc(CN2CC3(C2)C(=O)N(Cc2ccccc2)C(=O)C2CC(O)CN23)cc1. The molecular weight excluding hydrogens is 394 g/mol. The first-order valence-electron chi connectivity index (χ1n) is 10.7. The Labute approximate surface area is 181 Å². The maximum Gasteiger partial charge on any atom is 0.252 e. The Bertz CT molecular complexity index is 972. The van der Waals surface area contributed by atoms with E-state index >= 15 is 0 Å². The van der Waals surface area contributed by atoms with Crippen LogP contribution in [0.1, 0.15) is 17.5 Å². The van der Waals surface area contributed by atoms with E-state index < -0.39 is 17.7 Å². The minimum Gasteiger partial charge on any atom is -0.497 e. The van der Waals surface area contributed by atoms with Crippen molar-refractivity contribution < 1.29 is 19.4 Å². The molecule has 31 heavy (non-hydrogen) atoms. The van der Waals surface area contributed by atoms with Crippen LogP contribution >= 0.6 is 0 Å². The summed E-state index contributed by atoms with van der Waals surface area (Å²) in [5, 5.41) is 10.3. The summed E-state index contributed by atoms with van der Waals surface area (Å²) >= 11 is 0. The molecular formula is C24H27N3O4. The maximum absolute atomic E-state index is 13.6. The van der Waals surface area contributed by atoms with Crippen LogP contribution in [0, 0.1) is 0 Å². The minimum atomic E-state index is -0.739. The van der Waals surface area contributed by atoms with E-state index in [-0.39, 0.29) is 18.4 Å². The van der Waals surface area contributed by atoms with Crippen LogP contribution in [0.2, 0.25) is 0 Å². The van der Waals surface area contributed by atoms with Crippen molar-refractivity contribution in [1.82, 2.24) is 14.7 Å². The Morgan fingerprint density at radius 3 is 2.35 bits per heavy atom. The van der Waals surface area contributed by atoms with Crippen molar-refractivity contribution in [3.8, 4) is 5.75 Å². The van der Waals surface area contributed by atoms with Crippen molar-refractivity contribution >= 4 is 11.8 Å². The predicted octanol–water partition coefficient (Wildman–Crippen LogP) is 1.25. The fraction of sp³-hybridized carbons (Fsp3) is 0.417. The molecule has 2 aromatic rings. The molecule has 2 unspecified atom stereocenters. The van der Waals surface area contributed by atoms with Gasteiger partial charge in [0.2, 0.25) is 5.91 Å². The normalized spacial score (nSPS) is 25.5. The van der Waals surface area contributed by atoms with Crippen molar-refractivity contribution in [2.75, 3.05) is 26.7 Å². The van der Waals surface area contributed by atoms with Gasteiger partial charge in [-0.1, -0.05) is 42.5 Å². The molecule has 3 aliphatic rings. The number of carbonyl (C=O) groups is 2. The molecule has 2 amide bonds. The molecule has 7 nitrogen and oxygen atoms in total. The lowest BCUT2D eigenvalue weighted by molar-refractivity contribution is -0.181. The van der Waals surface area contributed by atoms with Gasteiger partial charge in [-0.25, -0.2) is 0 Å². The van der Waals surface area contributed by atoms with Gasteiger partial charge in [-0.15, -0.1) is 0 Å². The molecule has 1 N–H and O–H groups in total. The van der Waals surface area contributed by atoms with E-state index in [1.165, 1.54) is 4.90 Å². The molecule has 3 heterocycles. The molecule has 3 fully saturated rings. The van der Waals surface area contributed by atoms with Gasteiger partial charge in [0.15, 0.2) is 0 Å². The molecule has 5 rings (SSSR count). The third kappa shape index (κ3) is 3.43. The first-order valence-corrected chi connectivity index (χ1v) is 10.7. The second-order valence-corrected chi connectivity index (χ2v) is 8.80. The summed E-state index contributed by atoms with van der Waals surface area (Å²) in [6.45, 7) is 2.49. The van der Waals surface area contributed by atoms with Gasteiger partial charge in [0.05, 0.1) is 25.8 Å². The fourth-order valence-corrected chi connectivity index (χ4v) is 5.20. The molecule has 1 spiro atoms. The van der Waals surface area contributed by atoms with E-state index in [9.17, 15) is 14.7 Å². The highest BCUT2D eigenvalue weighted by atomic mass is 16.5. The largest absolute Gasteiger partial charge is 0.497 e. The standard InChI is InChI=1S/C24H27N3O4/c1-31-20-9-7-18(8-10-20)12-25-15-24(16-25)23(30)26(13-17-5-3-2-4-6-17)22(29)21-11-19(28)14-27(21)24/h2-10,19,21,28H,11-16H2,1H3. The number of ether oxygens (including phenoxy) is 1. The van der Waals surface area contributed by atoms with Crippen molar-refractivity contribution in [3.05, 3.63) is 65.7 Å². The van der Waals surface area contributed by atoms with Crippen molar-refractivity contribution in [3.63, 3.8) is 0 Å². The molecule has 2 aromatic carbocycles. The van der Waals surface area contributed by atoms with Gasteiger partial charge in [0, 0.05) is 26.2 Å². The van der Waals surface area contributed by atoms with Gasteiger partial charge in [0.1, 0.15) is 11.3 Å². The van der Waals surface area contributed by atoms with Crippen LogP contribution in [0.15, 0.2) is 54.6 Å². The number of benzene rings is 2. The smallest absolute Gasteiger partial charge is 0.252 e. The summed E-state index contributed by atoms with van der Waals surface area (Å²) in [5.41, 5.74) is 1.34. The average molecular weight is 421 g/mol. The second kappa shape index (κ2) is 7.75. The Hall–Kier alpha value is -2.74. The number of methoxy groups -OCH3 is 1. The van der Waals surface area contributed by atoms with Gasteiger partial charge in [0.25, 0.3) is 5.91 Å². The number of aliphatic hydroxyl groups excluding tert-OH is 1. The predicted molar refractivity (Wildman–Crippen MR) is 114 cm³/mol. The van der Waals surface area contributed by atoms with Crippen molar-refractivity contribution in [1.29, 1.82) is 0 Å². The van der Waals surface area contributed by atoms with E-state index in [1.54, 1.807) is 7.11 Å². The first-order chi connectivity index (χ1) is 15.0. The molecule has 0 aromatic heterocycles. The molecule has 3 saturated heterocycles. The quantitative estimate of drug-likeness (QED) is 0.733. The van der Waals surface area contributed by atoms with E-state index in [0.717, 1.165) is 23.4 Å². The highest BCUT2D eigenvalue weighted by Gasteiger charge is 2.64. The Balaban J connectivity index is 1.36. The molecule has 3 aliphatic heterocycles. The fourth-order valence-electron chi connectivity index (χ4n) is 5.20. The number of hydrogen-bond acceptors (Lipinski definition) is 6. The summed E-state index contributed by atoms with van der Waals surface area (Å²) in [6.07, 6.45) is -0.191. The number of aliphatic hydroxyl groups is 1.